The molecule has 0 bridgehead atoms. The maximum atomic E-state index is 14.1. The maximum absolute atomic E-state index is 14.1. The number of hydrogen-bond donors (Lipinski definition) is 2. The maximum Gasteiger partial charge on any atom is 0.167 e. The highest BCUT2D eigenvalue weighted by Crippen LogP contribution is 2.27. The Balaban J connectivity index is 1.89. The topological polar surface area (TPSA) is 91.4 Å². The number of nitrogens with zero attached hydrogens (tertiary/aromatic N) is 4. The third kappa shape index (κ3) is 4.33. The Kier molecular flexibility index (Phi) is 5.55. The van der Waals surface area contributed by atoms with Gasteiger partial charge in [0.15, 0.2) is 11.6 Å². The molecule has 144 valence electrons. The molecule has 0 unspecified atom stereocenters. The molecule has 1 aliphatic rings. The first kappa shape index (κ1) is 19.0. The van der Waals surface area contributed by atoms with Crippen molar-refractivity contribution in [2.24, 2.45) is 0 Å². The number of aromatic nitrogens is 2. The van der Waals surface area contributed by atoms with Gasteiger partial charge in [-0.1, -0.05) is 0 Å². The average Bonchev–Trinajstić information content (AvgIpc) is 2.64. The van der Waals surface area contributed by atoms with Gasteiger partial charge < -0.3 is 20.3 Å². The first-order chi connectivity index (χ1) is 12.8. The molecule has 0 spiro atoms. The number of hydrogen-bond acceptors (Lipinski definition) is 7. The predicted molar refractivity (Wildman–Crippen MR) is 104 cm³/mol. The van der Waals surface area contributed by atoms with Crippen LogP contribution in [0.2, 0.25) is 0 Å². The zero-order chi connectivity index (χ0) is 19.6. The number of piperazine rings is 1. The van der Waals surface area contributed by atoms with Crippen LogP contribution in [0.15, 0.2) is 24.5 Å². The number of ether oxygens (including phenoxy) is 1. The number of benzene rings is 1. The van der Waals surface area contributed by atoms with Crippen LogP contribution >= 0.6 is 0 Å². The van der Waals surface area contributed by atoms with Crippen LogP contribution in [-0.2, 0) is 0 Å². The van der Waals surface area contributed by atoms with E-state index in [-0.39, 0.29) is 23.3 Å². The van der Waals surface area contributed by atoms with Crippen LogP contribution in [0.3, 0.4) is 0 Å². The number of nitrogens with one attached hydrogen (secondary N) is 1. The molecule has 0 saturated carbocycles. The fourth-order valence-corrected chi connectivity index (χ4v) is 2.96. The van der Waals surface area contributed by atoms with Crippen molar-refractivity contribution < 1.29 is 9.13 Å². The summed E-state index contributed by atoms with van der Waals surface area (Å²) in [4.78, 5) is 13.0. The largest absolute Gasteiger partial charge is 0.488 e. The summed E-state index contributed by atoms with van der Waals surface area (Å²) in [5.74, 6) is 0.308. The molecular weight excluding hydrogens is 347 g/mol. The Hall–Kier alpha value is -2.74. The van der Waals surface area contributed by atoms with Crippen molar-refractivity contribution in [2.45, 2.75) is 20.0 Å². The Morgan fingerprint density at radius 3 is 2.56 bits per heavy atom. The van der Waals surface area contributed by atoms with Crippen molar-refractivity contribution in [2.75, 3.05) is 43.9 Å². The van der Waals surface area contributed by atoms with E-state index in [2.05, 4.69) is 26.8 Å². The summed E-state index contributed by atoms with van der Waals surface area (Å²) < 4.78 is 19.6. The SMILES string of the molecule is CC(C)Oc1cc(C(=N)c2cc(N3CCN(C)CC3)ncn2)c(N)cc1F. The molecule has 3 rings (SSSR count). The van der Waals surface area contributed by atoms with Crippen LogP contribution < -0.4 is 15.4 Å². The van der Waals surface area contributed by atoms with E-state index in [0.717, 1.165) is 32.0 Å². The van der Waals surface area contributed by atoms with E-state index in [1.54, 1.807) is 6.07 Å². The normalized spacial score (nSPS) is 15.2. The molecule has 8 heteroatoms. The van der Waals surface area contributed by atoms with Crippen molar-refractivity contribution in [3.05, 3.63) is 41.6 Å². The van der Waals surface area contributed by atoms with E-state index in [9.17, 15) is 4.39 Å². The van der Waals surface area contributed by atoms with Gasteiger partial charge in [0.2, 0.25) is 0 Å². The van der Waals surface area contributed by atoms with E-state index in [1.165, 1.54) is 18.5 Å². The fraction of sp³-hybridized carbons (Fsp3) is 0.421. The molecule has 0 atom stereocenters. The highest BCUT2D eigenvalue weighted by Gasteiger charge is 2.19. The van der Waals surface area contributed by atoms with Crippen LogP contribution in [0.5, 0.6) is 5.75 Å². The molecule has 27 heavy (non-hydrogen) atoms. The Morgan fingerprint density at radius 1 is 1.19 bits per heavy atom. The molecule has 1 aliphatic heterocycles. The summed E-state index contributed by atoms with van der Waals surface area (Å²) in [5, 5.41) is 8.53. The Bertz CT molecular complexity index is 833. The van der Waals surface area contributed by atoms with E-state index in [1.807, 2.05) is 13.8 Å². The molecule has 0 aliphatic carbocycles. The van der Waals surface area contributed by atoms with Crippen molar-refractivity contribution in [3.63, 3.8) is 0 Å². The van der Waals surface area contributed by atoms with Crippen molar-refractivity contribution in [1.29, 1.82) is 5.41 Å². The summed E-state index contributed by atoms with van der Waals surface area (Å²) in [6, 6.07) is 4.42. The molecule has 0 radical (unpaired) electrons. The summed E-state index contributed by atoms with van der Waals surface area (Å²) in [6.45, 7) is 7.27. The van der Waals surface area contributed by atoms with Crippen LogP contribution in [-0.4, -0.2) is 59.9 Å². The first-order valence-electron chi connectivity index (χ1n) is 8.95. The zero-order valence-electron chi connectivity index (χ0n) is 15.9. The fourth-order valence-electron chi connectivity index (χ4n) is 2.96. The number of nitrogen functional groups attached to an aromatic ring is 1. The van der Waals surface area contributed by atoms with Gasteiger partial charge in [0.05, 0.1) is 17.5 Å². The third-order valence-corrected chi connectivity index (χ3v) is 4.47. The van der Waals surface area contributed by atoms with Crippen LogP contribution in [0.25, 0.3) is 0 Å². The summed E-state index contributed by atoms with van der Waals surface area (Å²) in [6.07, 6.45) is 1.26. The van der Waals surface area contributed by atoms with Gasteiger partial charge in [0.25, 0.3) is 0 Å². The van der Waals surface area contributed by atoms with Gasteiger partial charge in [-0.15, -0.1) is 0 Å². The highest BCUT2D eigenvalue weighted by molar-refractivity contribution is 6.13. The molecule has 1 aromatic carbocycles. The molecule has 1 aromatic heterocycles. The number of nitrogens with two attached hydrogens (primary N) is 1. The van der Waals surface area contributed by atoms with Gasteiger partial charge in [-0.25, -0.2) is 14.4 Å². The molecule has 2 aromatic rings. The van der Waals surface area contributed by atoms with E-state index < -0.39 is 5.82 Å². The van der Waals surface area contributed by atoms with E-state index in [0.29, 0.717) is 11.3 Å². The predicted octanol–water partition coefficient (Wildman–Crippen LogP) is 2.15. The van der Waals surface area contributed by atoms with E-state index in [4.69, 9.17) is 15.9 Å². The van der Waals surface area contributed by atoms with Gasteiger partial charge in [0, 0.05) is 49.6 Å². The minimum atomic E-state index is -0.543. The molecule has 0 amide bonds. The second kappa shape index (κ2) is 7.87. The van der Waals surface area contributed by atoms with Crippen molar-refractivity contribution in [3.8, 4) is 5.75 Å². The molecule has 2 heterocycles. The van der Waals surface area contributed by atoms with Gasteiger partial charge in [-0.05, 0) is 27.0 Å². The highest BCUT2D eigenvalue weighted by atomic mass is 19.1. The van der Waals surface area contributed by atoms with Crippen LogP contribution in [0, 0.1) is 11.2 Å². The number of likely N-dealkylation sites (N-methyl/N-ethyl adjacent to an activating group) is 1. The molecule has 3 N–H and O–H groups in total. The molecular formula is C19H25FN6O. The lowest BCUT2D eigenvalue weighted by Gasteiger charge is -2.33. The minimum Gasteiger partial charge on any atom is -0.488 e. The molecule has 1 fully saturated rings. The van der Waals surface area contributed by atoms with E-state index >= 15 is 0 Å². The van der Waals surface area contributed by atoms with Gasteiger partial charge in [-0.3, -0.25) is 5.41 Å². The first-order valence-corrected chi connectivity index (χ1v) is 8.95. The number of halogens is 1. The van der Waals surface area contributed by atoms with Crippen LogP contribution in [0.4, 0.5) is 15.9 Å². The number of rotatable bonds is 5. The quantitative estimate of drug-likeness (QED) is 0.617. The van der Waals surface area contributed by atoms with Gasteiger partial charge in [-0.2, -0.15) is 0 Å². The third-order valence-electron chi connectivity index (χ3n) is 4.47. The second-order valence-electron chi connectivity index (χ2n) is 6.96. The Labute approximate surface area is 158 Å². The summed E-state index contributed by atoms with van der Waals surface area (Å²) in [5.41, 5.74) is 7.07. The smallest absolute Gasteiger partial charge is 0.167 e. The minimum absolute atomic E-state index is 0.0762. The lowest BCUT2D eigenvalue weighted by molar-refractivity contribution is 0.231. The molecule has 1 saturated heterocycles. The van der Waals surface area contributed by atoms with Gasteiger partial charge in [0.1, 0.15) is 12.1 Å². The monoisotopic (exact) mass is 372 g/mol. The molecule has 7 nitrogen and oxygen atoms in total. The van der Waals surface area contributed by atoms with Crippen LogP contribution in [0.1, 0.15) is 25.1 Å². The second-order valence-corrected chi connectivity index (χ2v) is 6.96. The summed E-state index contributed by atoms with van der Waals surface area (Å²) >= 11 is 0. The average molecular weight is 372 g/mol. The van der Waals surface area contributed by atoms with Crippen molar-refractivity contribution >= 4 is 17.2 Å². The lowest BCUT2D eigenvalue weighted by Crippen LogP contribution is -2.44. The Morgan fingerprint density at radius 2 is 1.89 bits per heavy atom. The lowest BCUT2D eigenvalue weighted by atomic mass is 10.0. The van der Waals surface area contributed by atoms with Crippen molar-refractivity contribution in [1.82, 2.24) is 14.9 Å². The standard InChI is InChI=1S/C19H25FN6O/c1-12(2)27-17-8-13(15(21)9-14(17)20)19(22)16-10-18(24-11-23-16)26-6-4-25(3)5-7-26/h8-12,22H,4-7,21H2,1-3H3. The summed E-state index contributed by atoms with van der Waals surface area (Å²) in [7, 11) is 2.09. The van der Waals surface area contributed by atoms with Gasteiger partial charge >= 0.3 is 0 Å². The number of anilines is 2. The zero-order valence-corrected chi connectivity index (χ0v) is 15.9.